The van der Waals surface area contributed by atoms with E-state index in [-0.39, 0.29) is 25.8 Å². The van der Waals surface area contributed by atoms with Crippen molar-refractivity contribution in [3.8, 4) is 0 Å². The van der Waals surface area contributed by atoms with E-state index in [0.29, 0.717) is 5.69 Å². The molecule has 0 fully saturated rings. The second kappa shape index (κ2) is 17.5. The predicted molar refractivity (Wildman–Crippen MR) is 154 cm³/mol. The van der Waals surface area contributed by atoms with Gasteiger partial charge < -0.3 is 47.5 Å². The van der Waals surface area contributed by atoms with Gasteiger partial charge in [-0.15, -0.1) is 0 Å². The van der Waals surface area contributed by atoms with Crippen LogP contribution in [-0.4, -0.2) is 92.6 Å². The van der Waals surface area contributed by atoms with Crippen molar-refractivity contribution < 1.29 is 56.1 Å². The number of carbonyl (C=O) groups is 5. The first-order valence-corrected chi connectivity index (χ1v) is 14.1. The monoisotopic (exact) mass is 691 g/mol. The van der Waals surface area contributed by atoms with E-state index >= 15 is 0 Å². The number of amides is 4. The van der Waals surface area contributed by atoms with Gasteiger partial charge in [0.25, 0.3) is 0 Å². The molecule has 0 spiro atoms. The zero-order valence-electron chi connectivity index (χ0n) is 25.4. The van der Waals surface area contributed by atoms with Gasteiger partial charge in [-0.25, -0.2) is 31.7 Å². The average molecular weight is 692 g/mol. The number of H-pyrrole nitrogens is 1. The fourth-order valence-corrected chi connectivity index (χ4v) is 4.29. The summed E-state index contributed by atoms with van der Waals surface area (Å²) in [6.07, 6.45) is -0.934. The first-order valence-electron chi connectivity index (χ1n) is 14.1. The van der Waals surface area contributed by atoms with Crippen LogP contribution < -0.4 is 32.3 Å². The molecule has 0 aliphatic heterocycles. The Labute approximate surface area is 268 Å². The lowest BCUT2D eigenvalue weighted by atomic mass is 10.0. The van der Waals surface area contributed by atoms with Crippen LogP contribution in [0.15, 0.2) is 12.5 Å². The van der Waals surface area contributed by atoms with Crippen molar-refractivity contribution in [3.05, 3.63) is 52.9 Å². The summed E-state index contributed by atoms with van der Waals surface area (Å²) in [5.41, 5.74) is 3.92. The molecule has 16 nitrogen and oxygen atoms in total. The highest BCUT2D eigenvalue weighted by Crippen LogP contribution is 2.24. The van der Waals surface area contributed by atoms with Crippen molar-refractivity contribution in [2.24, 2.45) is 5.73 Å². The Morgan fingerprint density at radius 3 is 1.92 bits per heavy atom. The van der Waals surface area contributed by atoms with Gasteiger partial charge in [0.2, 0.25) is 29.4 Å². The van der Waals surface area contributed by atoms with Crippen LogP contribution in [0, 0.1) is 34.5 Å². The number of aliphatic hydroxyl groups is 1. The minimum atomic E-state index is -2.50. The molecule has 48 heavy (non-hydrogen) atoms. The molecule has 1 heterocycles. The number of aromatic amines is 1. The first kappa shape index (κ1) is 38.8. The van der Waals surface area contributed by atoms with Gasteiger partial charge in [-0.1, -0.05) is 0 Å². The Bertz CT molecular complexity index is 1480. The third-order valence-corrected chi connectivity index (χ3v) is 6.67. The van der Waals surface area contributed by atoms with Crippen molar-refractivity contribution in [1.29, 1.82) is 5.41 Å². The van der Waals surface area contributed by atoms with Crippen LogP contribution >= 0.6 is 0 Å². The van der Waals surface area contributed by atoms with Gasteiger partial charge in [0, 0.05) is 38.1 Å². The molecule has 0 unspecified atom stereocenters. The Balaban J connectivity index is 2.41. The molecular weight excluding hydrogens is 657 g/mol. The number of carbonyl (C=O) groups excluding carboxylic acids is 4. The highest BCUT2D eigenvalue weighted by atomic mass is 19.2. The molecular formula is C27H34F5N9O7. The first-order chi connectivity index (χ1) is 22.4. The SMILES string of the molecule is CC(=O)N[C@@H](Cc1c[nH]cn1)C(=O)N[C@@H](C(=O)N[C@@H](Cc1c(F)c(F)c(F)c(F)c1F)C(=O)N[C@@H](CCCNC(=N)N)C(=O)O)[C@H](C)O. The molecule has 5 atom stereocenters. The molecule has 0 radical (unpaired) electrons. The van der Waals surface area contributed by atoms with Gasteiger partial charge in [-0.2, -0.15) is 0 Å². The van der Waals surface area contributed by atoms with Crippen LogP contribution in [0.1, 0.15) is 37.9 Å². The van der Waals surface area contributed by atoms with E-state index in [9.17, 15) is 56.1 Å². The molecule has 2 rings (SSSR count). The van der Waals surface area contributed by atoms with Crippen molar-refractivity contribution in [3.63, 3.8) is 0 Å². The number of nitrogens with zero attached hydrogens (tertiary/aromatic N) is 1. The van der Waals surface area contributed by atoms with Gasteiger partial charge in [0.15, 0.2) is 29.2 Å². The van der Waals surface area contributed by atoms with Crippen LogP contribution in [0.2, 0.25) is 0 Å². The molecule has 1 aromatic heterocycles. The number of rotatable bonds is 17. The van der Waals surface area contributed by atoms with E-state index < -0.39 is 107 Å². The number of guanidine groups is 1. The Hall–Kier alpha value is -5.34. The molecule has 4 amide bonds. The number of nitrogens with two attached hydrogens (primary N) is 1. The smallest absolute Gasteiger partial charge is 0.326 e. The third-order valence-electron chi connectivity index (χ3n) is 6.67. The Morgan fingerprint density at radius 1 is 0.875 bits per heavy atom. The maximum atomic E-state index is 14.6. The molecule has 21 heteroatoms. The number of aromatic nitrogens is 2. The second-order valence-electron chi connectivity index (χ2n) is 10.4. The molecule has 2 aromatic rings. The summed E-state index contributed by atoms with van der Waals surface area (Å²) in [6, 6.07) is -7.24. The number of hydrogen-bond donors (Lipinski definition) is 10. The van der Waals surface area contributed by atoms with Gasteiger partial charge in [-0.3, -0.25) is 24.6 Å². The molecule has 0 bridgehead atoms. The molecule has 0 aliphatic rings. The summed E-state index contributed by atoms with van der Waals surface area (Å²) in [6.45, 7) is 2.12. The van der Waals surface area contributed by atoms with E-state index in [2.05, 4.69) is 25.9 Å². The number of aliphatic carboxylic acids is 1. The summed E-state index contributed by atoms with van der Waals surface area (Å²) >= 11 is 0. The topological polar surface area (TPSA) is 265 Å². The molecule has 264 valence electrons. The maximum absolute atomic E-state index is 14.6. The summed E-state index contributed by atoms with van der Waals surface area (Å²) < 4.78 is 70.8. The van der Waals surface area contributed by atoms with Gasteiger partial charge in [0.05, 0.1) is 18.1 Å². The van der Waals surface area contributed by atoms with Crippen LogP contribution in [0.5, 0.6) is 0 Å². The van der Waals surface area contributed by atoms with Crippen molar-refractivity contribution >= 4 is 35.6 Å². The van der Waals surface area contributed by atoms with Gasteiger partial charge in [-0.05, 0) is 19.8 Å². The quantitative estimate of drug-likeness (QED) is 0.0231. The zero-order chi connectivity index (χ0) is 36.3. The number of imidazole rings is 1. The van der Waals surface area contributed by atoms with E-state index in [4.69, 9.17) is 11.1 Å². The predicted octanol–water partition coefficient (Wildman–Crippen LogP) is -1.42. The number of carboxylic acids is 1. The maximum Gasteiger partial charge on any atom is 0.326 e. The van der Waals surface area contributed by atoms with Gasteiger partial charge >= 0.3 is 5.97 Å². The Kier molecular flexibility index (Phi) is 14.2. The molecule has 11 N–H and O–H groups in total. The van der Waals surface area contributed by atoms with E-state index in [1.807, 2.05) is 10.6 Å². The molecule has 0 saturated heterocycles. The van der Waals surface area contributed by atoms with Crippen LogP contribution in [0.4, 0.5) is 22.0 Å². The van der Waals surface area contributed by atoms with Crippen LogP contribution in [0.25, 0.3) is 0 Å². The molecule has 0 aliphatic carbocycles. The van der Waals surface area contributed by atoms with E-state index in [1.165, 1.54) is 12.5 Å². The largest absolute Gasteiger partial charge is 0.480 e. The minimum Gasteiger partial charge on any atom is -0.480 e. The Morgan fingerprint density at radius 2 is 1.42 bits per heavy atom. The average Bonchev–Trinajstić information content (AvgIpc) is 3.52. The lowest BCUT2D eigenvalue weighted by Gasteiger charge is -2.27. The number of benzene rings is 1. The zero-order valence-corrected chi connectivity index (χ0v) is 25.4. The minimum absolute atomic E-state index is 0.00486. The molecule has 1 aromatic carbocycles. The fourth-order valence-electron chi connectivity index (χ4n) is 4.29. The highest BCUT2D eigenvalue weighted by molar-refractivity contribution is 5.95. The number of carboxylic acid groups (broad SMARTS) is 1. The lowest BCUT2D eigenvalue weighted by Crippen LogP contribution is -2.61. The number of aliphatic hydroxyl groups excluding tert-OH is 1. The number of halogens is 5. The molecule has 0 saturated carbocycles. The number of hydrogen-bond acceptors (Lipinski definition) is 8. The summed E-state index contributed by atoms with van der Waals surface area (Å²) in [5.74, 6) is -18.5. The summed E-state index contributed by atoms with van der Waals surface area (Å²) in [7, 11) is 0. The third kappa shape index (κ3) is 10.9. The summed E-state index contributed by atoms with van der Waals surface area (Å²) in [4.78, 5) is 69.7. The number of nitrogens with one attached hydrogen (secondary N) is 7. The van der Waals surface area contributed by atoms with Crippen molar-refractivity contribution in [2.75, 3.05) is 6.54 Å². The van der Waals surface area contributed by atoms with Crippen LogP contribution in [0.3, 0.4) is 0 Å². The normalized spacial score (nSPS) is 14.1. The van der Waals surface area contributed by atoms with Crippen LogP contribution in [-0.2, 0) is 36.8 Å². The van der Waals surface area contributed by atoms with Gasteiger partial charge in [0.1, 0.15) is 24.2 Å². The van der Waals surface area contributed by atoms with Crippen molar-refractivity contribution in [2.45, 2.75) is 69.8 Å². The van der Waals surface area contributed by atoms with E-state index in [0.717, 1.165) is 13.8 Å². The second-order valence-corrected chi connectivity index (χ2v) is 10.4. The summed E-state index contributed by atoms with van der Waals surface area (Å²) in [5, 5.41) is 37.9. The standard InChI is InChI=1S/C27H34F5N9O7/c1-10(42)22(41-24(45)15(38-11(2)43)6-12-8-35-9-37-12)25(46)40-16(7-13-17(28)19(30)21(32)20(31)18(13)29)23(44)39-14(26(47)48)4-3-5-36-27(33)34/h8-10,14-16,22,42H,3-7H2,1-2H3,(H,35,37)(H,38,43)(H,39,44)(H,40,46)(H,41,45)(H,47,48)(H4,33,34,36)/t10-,14-,15-,16-,22+/m0/s1. The lowest BCUT2D eigenvalue weighted by molar-refractivity contribution is -0.142. The fraction of sp³-hybridized carbons (Fsp3) is 0.444. The highest BCUT2D eigenvalue weighted by Gasteiger charge is 2.36. The van der Waals surface area contributed by atoms with E-state index in [1.54, 1.807) is 0 Å². The van der Waals surface area contributed by atoms with Crippen molar-refractivity contribution in [1.82, 2.24) is 36.6 Å².